The first-order valence-corrected chi connectivity index (χ1v) is 29.3. The van der Waals surface area contributed by atoms with E-state index in [-0.39, 0.29) is 76.1 Å². The van der Waals surface area contributed by atoms with Crippen LogP contribution in [0.15, 0.2) is 0 Å². The van der Waals surface area contributed by atoms with Crippen molar-refractivity contribution < 1.29 is 61.5 Å². The molecule has 0 heterocycles. The molecule has 68 heavy (non-hydrogen) atoms. The van der Waals surface area contributed by atoms with Gasteiger partial charge < -0.3 is 28.7 Å². The lowest BCUT2D eigenvalue weighted by molar-refractivity contribution is -0.870. The highest BCUT2D eigenvalue weighted by atomic mass is 31.2. The highest BCUT2D eigenvalue weighted by molar-refractivity contribution is 7.47. The summed E-state index contributed by atoms with van der Waals surface area (Å²) in [4.78, 5) is 56.7. The fraction of sp³-hybridized carbons (Fsp3) is 0.926. The maximum atomic E-state index is 12.5. The van der Waals surface area contributed by atoms with Crippen molar-refractivity contribution >= 4 is 31.7 Å². The Morgan fingerprint density at radius 1 is 0.441 bits per heavy atom. The number of esters is 3. The van der Waals surface area contributed by atoms with E-state index in [2.05, 4.69) is 27.7 Å². The van der Waals surface area contributed by atoms with Crippen molar-refractivity contribution in [1.82, 2.24) is 0 Å². The standard InChI is InChI=1S/C30H60NO8P.C22H42O4.C2H6/c1-6-8-10-12-14-16-20-28(21-17-15-13-11-9-7-2)39-30(33)23-18-22-29(32)36-25-19-26-37-40(34,35)38-27-24-31(3,4)5;1-3-5-7-9-11-13-16-20(17-14-12-10-8-6-4-2)26-22(25)19-15-18-21(23)24;1-2/h28H,6-27H2,1-5H3;20H,3-19H2,1-2H3,(H,23,24);1-2H3/p+1. The normalized spacial score (nSPS) is 12.2. The van der Waals surface area contributed by atoms with Gasteiger partial charge in [-0.1, -0.05) is 170 Å². The number of carbonyl (C=O) groups excluding carboxylic acids is 3. The van der Waals surface area contributed by atoms with E-state index in [1.54, 1.807) is 0 Å². The lowest BCUT2D eigenvalue weighted by Crippen LogP contribution is -2.37. The Morgan fingerprint density at radius 3 is 1.12 bits per heavy atom. The first-order valence-electron chi connectivity index (χ1n) is 27.8. The molecule has 0 aromatic heterocycles. The van der Waals surface area contributed by atoms with E-state index in [1.807, 2.05) is 35.0 Å². The predicted molar refractivity (Wildman–Crippen MR) is 279 cm³/mol. The smallest absolute Gasteiger partial charge is 0.472 e. The van der Waals surface area contributed by atoms with Crippen LogP contribution in [0.4, 0.5) is 0 Å². The van der Waals surface area contributed by atoms with E-state index in [9.17, 15) is 28.6 Å². The largest absolute Gasteiger partial charge is 0.481 e. The second-order valence-corrected chi connectivity index (χ2v) is 20.7. The van der Waals surface area contributed by atoms with Gasteiger partial charge >= 0.3 is 31.7 Å². The summed E-state index contributed by atoms with van der Waals surface area (Å²) in [5, 5.41) is 8.67. The molecule has 0 aromatic carbocycles. The maximum Gasteiger partial charge on any atom is 0.472 e. The molecule has 0 bridgehead atoms. The van der Waals surface area contributed by atoms with E-state index in [0.717, 1.165) is 51.4 Å². The SMILES string of the molecule is CC.CCCCCCCCC(CCCCCCCC)OC(=O)CCCC(=O)O.CCCCCCCCC(CCCCCCCC)OC(=O)CCCC(=O)OCCCOP(=O)(O)OCC[N+](C)(C)C. The van der Waals surface area contributed by atoms with E-state index in [4.69, 9.17) is 28.4 Å². The molecular formula is C54H109NO12P+. The van der Waals surface area contributed by atoms with Crippen molar-refractivity contribution in [3.05, 3.63) is 0 Å². The van der Waals surface area contributed by atoms with Crippen molar-refractivity contribution in [2.45, 2.75) is 278 Å². The summed E-state index contributed by atoms with van der Waals surface area (Å²) < 4.78 is 38.9. The number of quaternary nitrogens is 1. The summed E-state index contributed by atoms with van der Waals surface area (Å²) in [6.45, 7) is 13.6. The zero-order valence-corrected chi connectivity index (χ0v) is 46.5. The Balaban J connectivity index is -0.00000130. The molecule has 0 saturated heterocycles. The molecule has 406 valence electrons. The average molecular weight is 995 g/mol. The molecule has 0 aliphatic rings. The lowest BCUT2D eigenvalue weighted by atomic mass is 10.0. The minimum Gasteiger partial charge on any atom is -0.481 e. The number of carboxylic acid groups (broad SMARTS) is 1. The molecule has 1 unspecified atom stereocenters. The molecule has 0 aliphatic heterocycles. The summed E-state index contributed by atoms with van der Waals surface area (Å²) in [6, 6.07) is 0. The summed E-state index contributed by atoms with van der Waals surface area (Å²) in [7, 11) is 1.75. The van der Waals surface area contributed by atoms with Crippen molar-refractivity contribution in [1.29, 1.82) is 0 Å². The quantitative estimate of drug-likeness (QED) is 0.0195. The number of aliphatic carboxylic acids is 1. The molecule has 0 aliphatic carbocycles. The molecule has 2 N–H and O–H groups in total. The molecule has 0 amide bonds. The topological polar surface area (TPSA) is 172 Å². The zero-order valence-electron chi connectivity index (χ0n) is 45.6. The van der Waals surface area contributed by atoms with Crippen molar-refractivity contribution in [3.8, 4) is 0 Å². The number of phosphoric acid groups is 1. The van der Waals surface area contributed by atoms with Crippen LogP contribution in [0.1, 0.15) is 266 Å². The highest BCUT2D eigenvalue weighted by Gasteiger charge is 2.22. The van der Waals surface area contributed by atoms with Crippen LogP contribution in [-0.2, 0) is 47.0 Å². The summed E-state index contributed by atoms with van der Waals surface area (Å²) in [6.07, 6.45) is 34.8. The van der Waals surface area contributed by atoms with Gasteiger partial charge in [0.05, 0.1) is 34.4 Å². The summed E-state index contributed by atoms with van der Waals surface area (Å²) >= 11 is 0. The molecule has 0 rings (SSSR count). The van der Waals surface area contributed by atoms with Crippen LogP contribution >= 0.6 is 7.82 Å². The molecule has 0 aromatic rings. The number of unbranched alkanes of at least 4 members (excludes halogenated alkanes) is 20. The summed E-state index contributed by atoms with van der Waals surface area (Å²) in [5.74, 6) is -1.73. The Labute approximate surface area is 417 Å². The second-order valence-electron chi connectivity index (χ2n) is 19.3. The van der Waals surface area contributed by atoms with Gasteiger partial charge in [0.2, 0.25) is 0 Å². The molecule has 0 saturated carbocycles. The monoisotopic (exact) mass is 995 g/mol. The van der Waals surface area contributed by atoms with Gasteiger partial charge in [-0.25, -0.2) is 4.57 Å². The molecule has 1 atom stereocenters. The van der Waals surface area contributed by atoms with Crippen LogP contribution in [0.2, 0.25) is 0 Å². The average Bonchev–Trinajstić information content (AvgIpc) is 3.28. The lowest BCUT2D eigenvalue weighted by Gasteiger charge is -2.24. The number of likely N-dealkylation sites (N-methyl/N-ethyl adjacent to an activating group) is 1. The number of hydrogen-bond donors (Lipinski definition) is 2. The third-order valence-corrected chi connectivity index (χ3v) is 12.5. The van der Waals surface area contributed by atoms with Gasteiger partial charge in [0.15, 0.2) is 0 Å². The first kappa shape index (κ1) is 70.2. The molecule has 0 spiro atoms. The number of carbonyl (C=O) groups is 4. The van der Waals surface area contributed by atoms with E-state index in [1.165, 1.54) is 128 Å². The highest BCUT2D eigenvalue weighted by Crippen LogP contribution is 2.43. The predicted octanol–water partition coefficient (Wildman–Crippen LogP) is 15.0. The molecule has 0 radical (unpaired) electrons. The molecule has 13 nitrogen and oxygen atoms in total. The Hall–Kier alpha value is -2.05. The number of hydrogen-bond acceptors (Lipinski definition) is 10. The van der Waals surface area contributed by atoms with Gasteiger partial charge in [-0.3, -0.25) is 28.2 Å². The van der Waals surface area contributed by atoms with Crippen LogP contribution in [0.5, 0.6) is 0 Å². The third-order valence-electron chi connectivity index (χ3n) is 11.5. The van der Waals surface area contributed by atoms with E-state index < -0.39 is 19.8 Å². The van der Waals surface area contributed by atoms with Gasteiger partial charge in [-0.15, -0.1) is 0 Å². The Bertz CT molecular complexity index is 1170. The minimum atomic E-state index is -4.11. The zero-order chi connectivity index (χ0) is 51.6. The van der Waals surface area contributed by atoms with E-state index in [0.29, 0.717) is 23.9 Å². The number of rotatable bonds is 47. The van der Waals surface area contributed by atoms with Gasteiger partial charge in [-0.05, 0) is 64.2 Å². The van der Waals surface area contributed by atoms with Crippen molar-refractivity contribution in [3.63, 3.8) is 0 Å². The van der Waals surface area contributed by atoms with Crippen LogP contribution < -0.4 is 0 Å². The van der Waals surface area contributed by atoms with Crippen molar-refractivity contribution in [2.24, 2.45) is 0 Å². The van der Waals surface area contributed by atoms with Crippen LogP contribution in [-0.4, -0.2) is 98.1 Å². The number of phosphoric ester groups is 1. The Morgan fingerprint density at radius 2 is 0.765 bits per heavy atom. The van der Waals surface area contributed by atoms with Crippen LogP contribution in [0.25, 0.3) is 0 Å². The van der Waals surface area contributed by atoms with Gasteiger partial charge in [0.1, 0.15) is 25.4 Å². The molecular weight excluding hydrogens is 886 g/mol. The fourth-order valence-corrected chi connectivity index (χ4v) is 8.10. The van der Waals surface area contributed by atoms with Gasteiger partial charge in [0, 0.05) is 32.1 Å². The summed E-state index contributed by atoms with van der Waals surface area (Å²) in [5.41, 5.74) is 0. The number of carboxylic acids is 1. The molecule has 14 heteroatoms. The second kappa shape index (κ2) is 51.3. The number of nitrogens with zero attached hydrogens (tertiary/aromatic N) is 1. The molecule has 0 fully saturated rings. The fourth-order valence-electron chi connectivity index (χ4n) is 7.35. The Kier molecular flexibility index (Phi) is 53.0. The van der Waals surface area contributed by atoms with Crippen LogP contribution in [0.3, 0.4) is 0 Å². The third kappa shape index (κ3) is 56.5. The number of ether oxygens (including phenoxy) is 3. The van der Waals surface area contributed by atoms with E-state index >= 15 is 0 Å². The van der Waals surface area contributed by atoms with Crippen molar-refractivity contribution in [2.75, 3.05) is 47.5 Å². The van der Waals surface area contributed by atoms with Gasteiger partial charge in [0.25, 0.3) is 0 Å². The minimum absolute atomic E-state index is 0.0182. The van der Waals surface area contributed by atoms with Gasteiger partial charge in [-0.2, -0.15) is 0 Å². The first-order chi connectivity index (χ1) is 32.6. The van der Waals surface area contributed by atoms with Crippen LogP contribution in [0, 0.1) is 0 Å². The maximum absolute atomic E-state index is 12.5.